The van der Waals surface area contributed by atoms with E-state index in [1.807, 2.05) is 24.3 Å². The normalized spacial score (nSPS) is 14.2. The number of hydrogen-bond donors (Lipinski definition) is 1. The van der Waals surface area contributed by atoms with Gasteiger partial charge in [-0.05, 0) is 0 Å². The van der Waals surface area contributed by atoms with Crippen molar-refractivity contribution in [1.82, 2.24) is 20.0 Å². The van der Waals surface area contributed by atoms with Crippen LogP contribution in [-0.4, -0.2) is 79.9 Å². The molecule has 4 aromatic rings. The number of carbonyl (C=O) groups is 3. The average molecular weight is 725 g/mol. The molecule has 0 bridgehead atoms. The molecule has 0 saturated carbocycles. The van der Waals surface area contributed by atoms with Crippen molar-refractivity contribution in [1.29, 1.82) is 0 Å². The zero-order valence-electron chi connectivity index (χ0n) is 27.1. The Hall–Kier alpha value is -3.37. The minimum absolute atomic E-state index is 0.0309. The second-order valence-corrected chi connectivity index (χ2v) is 15.7. The first-order valence-corrected chi connectivity index (χ1v) is 19.1. The molecule has 0 spiro atoms. The van der Waals surface area contributed by atoms with Crippen LogP contribution in [-0.2, 0) is 21.6 Å². The Bertz CT molecular complexity index is 1700. The third kappa shape index (κ3) is 8.96. The first kappa shape index (κ1) is 34.9. The molecule has 2 aromatic carbocycles. The van der Waals surface area contributed by atoms with Gasteiger partial charge in [0.15, 0.2) is 0 Å². The molecule has 1 N–H and O–H groups in total. The minimum atomic E-state index is -1.50. The van der Waals surface area contributed by atoms with E-state index >= 15 is 0 Å². The van der Waals surface area contributed by atoms with Crippen LogP contribution in [0.4, 0.5) is 9.18 Å². The number of nitrogens with zero attached hydrogens (tertiary/aromatic N) is 3. The Morgan fingerprint density at radius 1 is 1.04 bits per heavy atom. The fourth-order valence-electron chi connectivity index (χ4n) is 5.50. The van der Waals surface area contributed by atoms with Crippen LogP contribution >= 0.6 is 11.3 Å². The number of halogens is 1. The van der Waals surface area contributed by atoms with E-state index in [0.717, 1.165) is 81.9 Å². The monoisotopic (exact) mass is 724 g/mol. The van der Waals surface area contributed by atoms with Crippen molar-refractivity contribution in [2.75, 3.05) is 32.9 Å². The Balaban J connectivity index is 1.35. The molecular formula is C35H42AsFN4O5S. The number of hydrogen-bond acceptors (Lipinski definition) is 8. The van der Waals surface area contributed by atoms with Crippen molar-refractivity contribution in [2.45, 2.75) is 65.0 Å². The third-order valence-corrected chi connectivity index (χ3v) is 11.6. The summed E-state index contributed by atoms with van der Waals surface area (Å²) < 4.78 is 27.2. The van der Waals surface area contributed by atoms with Crippen molar-refractivity contribution < 1.29 is 28.2 Å². The molecule has 2 aromatic heterocycles. The standard InChI is InChI=1S/C35H42AsFN4O5S/c1-4-5-6-7-10-19-46-34(44)41-33-26(22-29(47-33)32(43)38-35(2,3)27-11-8-9-12-28(27)37)30(39-41)36-31(42)25-15-13-24(14-16-25)23-40-17-20-45-21-18-40/h8-9,11-16,22,36H,4-7,10,17-21,23H2,1-3H3,(H,38,43). The maximum absolute atomic E-state index is 14.6. The van der Waals surface area contributed by atoms with E-state index in [0.29, 0.717) is 30.7 Å². The van der Waals surface area contributed by atoms with E-state index in [9.17, 15) is 18.8 Å². The Morgan fingerprint density at radius 2 is 1.77 bits per heavy atom. The Morgan fingerprint density at radius 3 is 2.49 bits per heavy atom. The fourth-order valence-corrected chi connectivity index (χ4v) is 8.79. The number of carbonyl (C=O) groups excluding carboxylic acids is 3. The molecule has 1 aliphatic heterocycles. The van der Waals surface area contributed by atoms with Crippen LogP contribution in [0.15, 0.2) is 54.6 Å². The molecule has 1 amide bonds. The van der Waals surface area contributed by atoms with Gasteiger partial charge >= 0.3 is 286 Å². The summed E-state index contributed by atoms with van der Waals surface area (Å²) in [6, 6.07) is 15.6. The zero-order valence-corrected chi connectivity index (χ0v) is 30.1. The molecule has 1 aliphatic rings. The van der Waals surface area contributed by atoms with E-state index < -0.39 is 39.1 Å². The summed E-state index contributed by atoms with van der Waals surface area (Å²) in [4.78, 5) is 43.3. The van der Waals surface area contributed by atoms with Crippen LogP contribution < -0.4 is 9.80 Å². The molecule has 0 radical (unpaired) electrons. The predicted molar refractivity (Wildman–Crippen MR) is 184 cm³/mol. The topological polar surface area (TPSA) is 103 Å². The fraction of sp³-hybridized carbons (Fsp3) is 0.429. The summed E-state index contributed by atoms with van der Waals surface area (Å²) in [6.07, 6.45) is 4.43. The molecule has 12 heteroatoms. The van der Waals surface area contributed by atoms with Crippen LogP contribution in [0.2, 0.25) is 0 Å². The predicted octanol–water partition coefficient (Wildman–Crippen LogP) is 5.59. The number of ether oxygens (including phenoxy) is 2. The van der Waals surface area contributed by atoms with Crippen molar-refractivity contribution >= 4 is 58.4 Å². The van der Waals surface area contributed by atoms with Gasteiger partial charge in [-0.25, -0.2) is 0 Å². The van der Waals surface area contributed by atoms with Crippen molar-refractivity contribution in [3.8, 4) is 0 Å². The van der Waals surface area contributed by atoms with E-state index in [-0.39, 0.29) is 11.2 Å². The summed E-state index contributed by atoms with van der Waals surface area (Å²) in [7, 11) is 0. The van der Waals surface area contributed by atoms with Gasteiger partial charge in [-0.1, -0.05) is 0 Å². The summed E-state index contributed by atoms with van der Waals surface area (Å²) in [5, 5.41) is 8.07. The summed E-state index contributed by atoms with van der Waals surface area (Å²) in [5.74, 6) is -0.828. The van der Waals surface area contributed by atoms with Crippen molar-refractivity contribution in [3.63, 3.8) is 0 Å². The van der Waals surface area contributed by atoms with Gasteiger partial charge < -0.3 is 0 Å². The summed E-state index contributed by atoms with van der Waals surface area (Å²) >= 11 is -0.399. The molecule has 0 aliphatic carbocycles. The number of thiophene rings is 1. The van der Waals surface area contributed by atoms with Gasteiger partial charge in [-0.2, -0.15) is 0 Å². The number of fused-ring (bicyclic) bond motifs is 1. The number of benzene rings is 2. The number of aromatic nitrogens is 2. The van der Waals surface area contributed by atoms with Crippen molar-refractivity contribution in [3.05, 3.63) is 82.0 Å². The summed E-state index contributed by atoms with van der Waals surface area (Å²) in [6.45, 7) is 9.90. The van der Waals surface area contributed by atoms with Crippen LogP contribution in [0.3, 0.4) is 0 Å². The quantitative estimate of drug-likeness (QED) is 0.134. The molecule has 9 nitrogen and oxygen atoms in total. The Labute approximate surface area is 285 Å². The number of morpholine rings is 1. The van der Waals surface area contributed by atoms with Gasteiger partial charge in [0.05, 0.1) is 0 Å². The van der Waals surface area contributed by atoms with Crippen LogP contribution in [0.5, 0.6) is 0 Å². The van der Waals surface area contributed by atoms with Gasteiger partial charge in [0.25, 0.3) is 0 Å². The molecule has 1 unspecified atom stereocenters. The van der Waals surface area contributed by atoms with Crippen LogP contribution in [0.1, 0.15) is 84.0 Å². The number of rotatable bonds is 14. The zero-order chi connectivity index (χ0) is 33.4. The van der Waals surface area contributed by atoms with E-state index in [2.05, 4.69) is 22.2 Å². The second-order valence-electron chi connectivity index (χ2n) is 12.2. The van der Waals surface area contributed by atoms with Crippen molar-refractivity contribution in [2.24, 2.45) is 0 Å². The van der Waals surface area contributed by atoms with Gasteiger partial charge in [-0.3, -0.25) is 0 Å². The molecular weight excluding hydrogens is 682 g/mol. The van der Waals surface area contributed by atoms with Gasteiger partial charge in [0, 0.05) is 0 Å². The molecule has 47 heavy (non-hydrogen) atoms. The molecule has 250 valence electrons. The summed E-state index contributed by atoms with van der Waals surface area (Å²) in [5.41, 5.74) is 1.08. The molecule has 1 atom stereocenters. The van der Waals surface area contributed by atoms with Crippen LogP contribution in [0.25, 0.3) is 10.2 Å². The third-order valence-electron chi connectivity index (χ3n) is 8.16. The van der Waals surface area contributed by atoms with Gasteiger partial charge in [0.2, 0.25) is 0 Å². The number of nitrogens with one attached hydrogen (secondary N) is 1. The first-order valence-electron chi connectivity index (χ1n) is 16.1. The SMILES string of the molecule is CCCCCCCOC(=O)n1nc([AsH]C(=O)c2ccc(CN3CCOCC3)cc2)c2cc(C(=O)NC(C)(C)c3ccccc3F)sc21. The van der Waals surface area contributed by atoms with Gasteiger partial charge in [-0.15, -0.1) is 0 Å². The Kier molecular flexibility index (Phi) is 12.0. The first-order chi connectivity index (χ1) is 22.7. The van der Waals surface area contributed by atoms with E-state index in [1.165, 1.54) is 10.7 Å². The number of unbranched alkanes of at least 4 members (excludes halogenated alkanes) is 4. The molecule has 3 heterocycles. The molecule has 5 rings (SSSR count). The molecule has 1 saturated heterocycles. The molecule has 1 fully saturated rings. The van der Waals surface area contributed by atoms with Crippen LogP contribution in [0, 0.1) is 5.82 Å². The van der Waals surface area contributed by atoms with Gasteiger partial charge in [0.1, 0.15) is 0 Å². The maximum atomic E-state index is 14.6. The number of amides is 1. The second kappa shape index (κ2) is 16.2. The van der Waals surface area contributed by atoms with E-state index in [4.69, 9.17) is 9.47 Å². The average Bonchev–Trinajstić information content (AvgIpc) is 3.64. The van der Waals surface area contributed by atoms with E-state index in [1.54, 1.807) is 38.1 Å².